The molecule has 0 atom stereocenters. The van der Waals surface area contributed by atoms with Crippen LogP contribution >= 0.6 is 28.7 Å². The van der Waals surface area contributed by atoms with Gasteiger partial charge in [0, 0.05) is 5.75 Å². The first-order valence-corrected chi connectivity index (χ1v) is 9.27. The first kappa shape index (κ1) is 20.3. The molecule has 0 aliphatic heterocycles. The summed E-state index contributed by atoms with van der Waals surface area (Å²) in [5.41, 5.74) is 5.85. The van der Waals surface area contributed by atoms with Gasteiger partial charge in [0.2, 0.25) is 0 Å². The van der Waals surface area contributed by atoms with Crippen LogP contribution in [-0.4, -0.2) is 17.0 Å². The van der Waals surface area contributed by atoms with Crippen molar-refractivity contribution in [2.75, 3.05) is 5.75 Å². The minimum Gasteiger partial charge on any atom is -0.379 e. The van der Waals surface area contributed by atoms with Gasteiger partial charge in [-0.3, -0.25) is 4.99 Å². The van der Waals surface area contributed by atoms with Crippen molar-refractivity contribution in [3.63, 3.8) is 0 Å². The van der Waals surface area contributed by atoms with Gasteiger partial charge in [-0.05, 0) is 19.3 Å². The molecule has 0 spiro atoms. The van der Waals surface area contributed by atoms with Crippen LogP contribution in [0.2, 0.25) is 0 Å². The second kappa shape index (κ2) is 14.2. The topological polar surface area (TPSA) is 38.4 Å². The van der Waals surface area contributed by atoms with Crippen molar-refractivity contribution >= 4 is 33.9 Å². The fraction of sp³-hybridized carbons (Fsp3) is 0.938. The Morgan fingerprint density at radius 3 is 1.95 bits per heavy atom. The van der Waals surface area contributed by atoms with Gasteiger partial charge in [-0.25, -0.2) is 0 Å². The van der Waals surface area contributed by atoms with Crippen molar-refractivity contribution in [2.45, 2.75) is 90.0 Å². The monoisotopic (exact) mass is 364 g/mol. The van der Waals surface area contributed by atoms with Crippen molar-refractivity contribution in [1.29, 1.82) is 0 Å². The number of thioether (sulfide) groups is 1. The third-order valence-corrected chi connectivity index (χ3v) is 4.50. The summed E-state index contributed by atoms with van der Waals surface area (Å²) in [6.45, 7) is 2.28. The molecule has 2 nitrogen and oxygen atoms in total. The van der Waals surface area contributed by atoms with E-state index in [2.05, 4.69) is 11.9 Å². The van der Waals surface area contributed by atoms with Crippen molar-refractivity contribution < 1.29 is 0 Å². The van der Waals surface area contributed by atoms with Gasteiger partial charge < -0.3 is 5.73 Å². The number of unbranched alkanes of at least 4 members (excludes halogenated alkanes) is 9. The third kappa shape index (κ3) is 13.3. The fourth-order valence-corrected chi connectivity index (χ4v) is 2.97. The van der Waals surface area contributed by atoms with Gasteiger partial charge in [-0.15, -0.1) is 17.0 Å². The summed E-state index contributed by atoms with van der Waals surface area (Å²) in [4.78, 5) is 4.43. The summed E-state index contributed by atoms with van der Waals surface area (Å²) in [6, 6.07) is 0.570. The number of aliphatic imine (C=N–C) groups is 1. The first-order chi connectivity index (χ1) is 9.33. The van der Waals surface area contributed by atoms with Gasteiger partial charge in [0.25, 0.3) is 0 Å². The van der Waals surface area contributed by atoms with Gasteiger partial charge in [0.15, 0.2) is 5.17 Å². The molecule has 0 unspecified atom stereocenters. The van der Waals surface area contributed by atoms with Crippen LogP contribution in [-0.2, 0) is 0 Å². The number of rotatable bonds is 12. The second-order valence-corrected chi connectivity index (χ2v) is 6.84. The number of hydrogen-bond acceptors (Lipinski definition) is 2. The fourth-order valence-electron chi connectivity index (χ4n) is 2.19. The lowest BCUT2D eigenvalue weighted by molar-refractivity contribution is 0.563. The zero-order chi connectivity index (χ0) is 13.8. The van der Waals surface area contributed by atoms with Crippen LogP contribution in [0.3, 0.4) is 0 Å². The average Bonchev–Trinajstić information content (AvgIpc) is 3.20. The summed E-state index contributed by atoms with van der Waals surface area (Å²) in [7, 11) is 0. The molecule has 1 rings (SSSR count). The highest BCUT2D eigenvalue weighted by molar-refractivity contribution is 8.93. The summed E-state index contributed by atoms with van der Waals surface area (Å²) in [6.07, 6.45) is 16.5. The Kier molecular flexibility index (Phi) is 14.5. The largest absolute Gasteiger partial charge is 0.379 e. The predicted molar refractivity (Wildman–Crippen MR) is 99.3 cm³/mol. The molecule has 0 aromatic heterocycles. The molecule has 0 saturated heterocycles. The molecule has 1 fully saturated rings. The molecule has 4 heteroatoms. The summed E-state index contributed by atoms with van der Waals surface area (Å²) >= 11 is 1.75. The number of nitrogens with two attached hydrogens (primary N) is 1. The smallest absolute Gasteiger partial charge is 0.154 e. The Morgan fingerprint density at radius 1 is 0.950 bits per heavy atom. The van der Waals surface area contributed by atoms with Gasteiger partial charge in [0.05, 0.1) is 6.04 Å². The lowest BCUT2D eigenvalue weighted by Crippen LogP contribution is -2.08. The molecule has 0 aromatic rings. The SMILES string of the molecule is Br.CCCCCCCCCCCCSC(N)=NC1CC1. The number of halogens is 1. The number of nitrogens with zero attached hydrogens (tertiary/aromatic N) is 1. The molecular weight excluding hydrogens is 332 g/mol. The second-order valence-electron chi connectivity index (χ2n) is 5.73. The highest BCUT2D eigenvalue weighted by atomic mass is 79.9. The number of amidine groups is 1. The van der Waals surface area contributed by atoms with E-state index in [1.165, 1.54) is 77.0 Å². The average molecular weight is 365 g/mol. The molecule has 2 N–H and O–H groups in total. The lowest BCUT2D eigenvalue weighted by atomic mass is 10.1. The highest BCUT2D eigenvalue weighted by Crippen LogP contribution is 2.24. The van der Waals surface area contributed by atoms with E-state index in [1.54, 1.807) is 11.8 Å². The Morgan fingerprint density at radius 2 is 1.45 bits per heavy atom. The van der Waals surface area contributed by atoms with Crippen LogP contribution in [0.25, 0.3) is 0 Å². The number of hydrogen-bond donors (Lipinski definition) is 1. The molecule has 1 saturated carbocycles. The Balaban J connectivity index is 0.00000361. The molecule has 0 heterocycles. The van der Waals surface area contributed by atoms with Crippen molar-refractivity contribution in [3.8, 4) is 0 Å². The van der Waals surface area contributed by atoms with Crippen molar-refractivity contribution in [1.82, 2.24) is 0 Å². The van der Waals surface area contributed by atoms with Crippen LogP contribution < -0.4 is 5.73 Å². The van der Waals surface area contributed by atoms with E-state index in [0.29, 0.717) is 6.04 Å². The van der Waals surface area contributed by atoms with E-state index in [4.69, 9.17) is 5.73 Å². The maximum Gasteiger partial charge on any atom is 0.154 e. The van der Waals surface area contributed by atoms with Crippen LogP contribution in [0.5, 0.6) is 0 Å². The van der Waals surface area contributed by atoms with Crippen LogP contribution in [0.4, 0.5) is 0 Å². The van der Waals surface area contributed by atoms with Gasteiger partial charge in [-0.1, -0.05) is 76.5 Å². The molecular formula is C16H33BrN2S. The van der Waals surface area contributed by atoms with Crippen molar-refractivity contribution in [3.05, 3.63) is 0 Å². The predicted octanol–water partition coefficient (Wildman–Crippen LogP) is 5.70. The Labute approximate surface area is 140 Å². The molecule has 1 aliphatic rings. The van der Waals surface area contributed by atoms with E-state index in [0.717, 1.165) is 10.9 Å². The minimum atomic E-state index is 0. The van der Waals surface area contributed by atoms with Crippen molar-refractivity contribution in [2.24, 2.45) is 10.7 Å². The first-order valence-electron chi connectivity index (χ1n) is 8.29. The van der Waals surface area contributed by atoms with Crippen LogP contribution in [0.1, 0.15) is 84.0 Å². The summed E-state index contributed by atoms with van der Waals surface area (Å²) in [5, 5.41) is 0.818. The highest BCUT2D eigenvalue weighted by Gasteiger charge is 2.20. The van der Waals surface area contributed by atoms with Crippen LogP contribution in [0, 0.1) is 0 Å². The van der Waals surface area contributed by atoms with E-state index in [-0.39, 0.29) is 17.0 Å². The molecule has 0 aromatic carbocycles. The lowest BCUT2D eigenvalue weighted by Gasteiger charge is -2.02. The maximum absolute atomic E-state index is 5.85. The van der Waals surface area contributed by atoms with E-state index >= 15 is 0 Å². The minimum absolute atomic E-state index is 0. The quantitative estimate of drug-likeness (QED) is 0.274. The molecule has 20 heavy (non-hydrogen) atoms. The van der Waals surface area contributed by atoms with E-state index in [9.17, 15) is 0 Å². The van der Waals surface area contributed by atoms with Gasteiger partial charge >= 0.3 is 0 Å². The van der Waals surface area contributed by atoms with E-state index in [1.807, 2.05) is 0 Å². The zero-order valence-corrected chi connectivity index (χ0v) is 15.6. The van der Waals surface area contributed by atoms with Gasteiger partial charge in [-0.2, -0.15) is 0 Å². The molecule has 120 valence electrons. The molecule has 0 radical (unpaired) electrons. The van der Waals surface area contributed by atoms with Gasteiger partial charge in [0.1, 0.15) is 0 Å². The zero-order valence-electron chi connectivity index (χ0n) is 13.1. The third-order valence-electron chi connectivity index (χ3n) is 3.60. The Bertz CT molecular complexity index is 243. The standard InChI is InChI=1S/C16H32N2S.BrH/c1-2-3-4-5-6-7-8-9-10-11-14-19-16(17)18-15-12-13-15;/h15H,2-14H2,1H3,(H2,17,18);1H. The summed E-state index contributed by atoms with van der Waals surface area (Å²) in [5.74, 6) is 1.15. The summed E-state index contributed by atoms with van der Waals surface area (Å²) < 4.78 is 0. The molecule has 1 aliphatic carbocycles. The van der Waals surface area contributed by atoms with Crippen LogP contribution in [0.15, 0.2) is 4.99 Å². The maximum atomic E-state index is 5.85. The molecule has 0 bridgehead atoms. The Hall–Kier alpha value is 0.300. The normalized spacial score (nSPS) is 15.2. The molecule has 0 amide bonds. The van der Waals surface area contributed by atoms with E-state index < -0.39 is 0 Å².